The van der Waals surface area contributed by atoms with Gasteiger partial charge in [0.1, 0.15) is 4.60 Å². The minimum atomic E-state index is 0.715. The minimum Gasteiger partial charge on any atom is -0.380 e. The van der Waals surface area contributed by atoms with Gasteiger partial charge in [-0.25, -0.2) is 4.98 Å². The topological polar surface area (TPSA) is 53.6 Å². The Morgan fingerprint density at radius 1 is 1.26 bits per heavy atom. The van der Waals surface area contributed by atoms with E-state index in [0.29, 0.717) is 6.54 Å². The molecule has 0 bridgehead atoms. The summed E-state index contributed by atoms with van der Waals surface area (Å²) in [6.45, 7) is 0.715. The maximum atomic E-state index is 4.18. The molecule has 0 amide bonds. The number of thiophene rings is 1. The van der Waals surface area contributed by atoms with Gasteiger partial charge in [0.25, 0.3) is 0 Å². The highest BCUT2D eigenvalue weighted by Crippen LogP contribution is 2.26. The highest BCUT2D eigenvalue weighted by molar-refractivity contribution is 9.10. The Morgan fingerprint density at radius 2 is 2.21 bits per heavy atom. The predicted molar refractivity (Wildman–Crippen MR) is 81.2 cm³/mol. The van der Waals surface area contributed by atoms with Crippen LogP contribution in [0.1, 0.15) is 5.56 Å². The molecule has 4 nitrogen and oxygen atoms in total. The van der Waals surface area contributed by atoms with E-state index in [1.165, 1.54) is 4.88 Å². The number of hydrogen-bond acceptors (Lipinski definition) is 4. The minimum absolute atomic E-state index is 0.715. The quantitative estimate of drug-likeness (QED) is 0.711. The smallest absolute Gasteiger partial charge is 0.106 e. The Bertz CT molecular complexity index is 646. The lowest BCUT2D eigenvalue weighted by Crippen LogP contribution is -1.99. The van der Waals surface area contributed by atoms with Crippen molar-refractivity contribution < 1.29 is 0 Å². The zero-order valence-electron chi connectivity index (χ0n) is 9.93. The summed E-state index contributed by atoms with van der Waals surface area (Å²) in [7, 11) is 0. The highest BCUT2D eigenvalue weighted by atomic mass is 79.9. The van der Waals surface area contributed by atoms with Crippen LogP contribution < -0.4 is 5.32 Å². The van der Waals surface area contributed by atoms with E-state index in [2.05, 4.69) is 47.9 Å². The third-order valence-corrected chi connectivity index (χ3v) is 4.05. The lowest BCUT2D eigenvalue weighted by molar-refractivity contribution is 1.10. The average molecular weight is 335 g/mol. The summed E-state index contributed by atoms with van der Waals surface area (Å²) in [6.07, 6.45) is 3.66. The molecule has 19 heavy (non-hydrogen) atoms. The molecule has 0 atom stereocenters. The molecule has 3 heterocycles. The van der Waals surface area contributed by atoms with Gasteiger partial charge in [-0.1, -0.05) is 6.07 Å². The molecule has 0 spiro atoms. The number of anilines is 1. The van der Waals surface area contributed by atoms with Gasteiger partial charge in [-0.3, -0.25) is 5.10 Å². The summed E-state index contributed by atoms with van der Waals surface area (Å²) in [5.74, 6) is 0. The lowest BCUT2D eigenvalue weighted by Gasteiger charge is -2.05. The first-order valence-electron chi connectivity index (χ1n) is 5.74. The van der Waals surface area contributed by atoms with E-state index in [1.54, 1.807) is 17.5 Å². The molecule has 0 saturated carbocycles. The number of nitrogens with zero attached hydrogens (tertiary/aromatic N) is 2. The molecule has 3 aromatic rings. The second-order valence-electron chi connectivity index (χ2n) is 3.97. The van der Waals surface area contributed by atoms with Crippen molar-refractivity contribution in [3.05, 3.63) is 52.2 Å². The Hall–Kier alpha value is -1.66. The van der Waals surface area contributed by atoms with Gasteiger partial charge in [0.15, 0.2) is 0 Å². The van der Waals surface area contributed by atoms with Gasteiger partial charge in [0.05, 0.1) is 28.7 Å². The molecule has 3 aromatic heterocycles. The van der Waals surface area contributed by atoms with E-state index >= 15 is 0 Å². The normalized spacial score (nSPS) is 10.6. The van der Waals surface area contributed by atoms with Crippen molar-refractivity contribution in [3.63, 3.8) is 0 Å². The van der Waals surface area contributed by atoms with Gasteiger partial charge in [0.2, 0.25) is 0 Å². The Labute approximate surface area is 123 Å². The van der Waals surface area contributed by atoms with Crippen LogP contribution in [0.2, 0.25) is 0 Å². The zero-order valence-corrected chi connectivity index (χ0v) is 12.3. The lowest BCUT2D eigenvalue weighted by atomic mass is 10.2. The van der Waals surface area contributed by atoms with Crippen LogP contribution in [0.25, 0.3) is 10.6 Å². The predicted octanol–water partition coefficient (Wildman–Crippen LogP) is 3.91. The average Bonchev–Trinajstić information content (AvgIpc) is 3.08. The molecule has 96 valence electrons. The van der Waals surface area contributed by atoms with Crippen LogP contribution >= 0.6 is 27.3 Å². The van der Waals surface area contributed by atoms with Crippen molar-refractivity contribution in [2.75, 3.05) is 5.32 Å². The van der Waals surface area contributed by atoms with E-state index in [0.717, 1.165) is 21.5 Å². The molecule has 0 aromatic carbocycles. The summed E-state index contributed by atoms with van der Waals surface area (Å²) in [4.78, 5) is 5.38. The zero-order chi connectivity index (χ0) is 13.1. The summed E-state index contributed by atoms with van der Waals surface area (Å²) < 4.78 is 0.834. The molecular formula is C13H11BrN4S. The third kappa shape index (κ3) is 2.85. The second kappa shape index (κ2) is 5.54. The first-order valence-corrected chi connectivity index (χ1v) is 7.42. The molecule has 0 saturated heterocycles. The van der Waals surface area contributed by atoms with E-state index in [4.69, 9.17) is 0 Å². The Kier molecular flexibility index (Phi) is 3.61. The van der Waals surface area contributed by atoms with Gasteiger partial charge in [0, 0.05) is 12.1 Å². The van der Waals surface area contributed by atoms with E-state index < -0.39 is 0 Å². The van der Waals surface area contributed by atoms with Crippen LogP contribution in [0.4, 0.5) is 5.69 Å². The van der Waals surface area contributed by atoms with Crippen LogP contribution in [0, 0.1) is 0 Å². The maximum Gasteiger partial charge on any atom is 0.106 e. The first-order chi connectivity index (χ1) is 9.33. The van der Waals surface area contributed by atoms with Crippen molar-refractivity contribution in [2.45, 2.75) is 6.54 Å². The number of halogens is 1. The van der Waals surface area contributed by atoms with Gasteiger partial charge in [-0.2, -0.15) is 5.10 Å². The first kappa shape index (κ1) is 12.4. The fourth-order valence-electron chi connectivity index (χ4n) is 1.76. The van der Waals surface area contributed by atoms with Crippen molar-refractivity contribution >= 4 is 33.0 Å². The molecule has 0 fully saturated rings. The highest BCUT2D eigenvalue weighted by Gasteiger charge is 2.08. The third-order valence-electron chi connectivity index (χ3n) is 2.70. The molecule has 0 aliphatic heterocycles. The second-order valence-corrected chi connectivity index (χ2v) is 5.73. The molecule has 0 aliphatic carbocycles. The van der Waals surface area contributed by atoms with E-state index in [1.807, 2.05) is 24.4 Å². The largest absolute Gasteiger partial charge is 0.380 e. The fourth-order valence-corrected chi connectivity index (χ4v) is 2.75. The summed E-state index contributed by atoms with van der Waals surface area (Å²) in [6, 6.07) is 8.03. The molecular weight excluding hydrogens is 324 g/mol. The molecule has 2 N–H and O–H groups in total. The number of nitrogens with one attached hydrogen (secondary N) is 2. The van der Waals surface area contributed by atoms with Crippen LogP contribution in [-0.4, -0.2) is 15.2 Å². The molecule has 3 rings (SSSR count). The van der Waals surface area contributed by atoms with Gasteiger partial charge >= 0.3 is 0 Å². The number of hydrogen-bond donors (Lipinski definition) is 2. The van der Waals surface area contributed by atoms with Gasteiger partial charge < -0.3 is 5.32 Å². The number of aromatic amines is 1. The van der Waals surface area contributed by atoms with Crippen LogP contribution in [0.3, 0.4) is 0 Å². The summed E-state index contributed by atoms with van der Waals surface area (Å²) in [5.41, 5.74) is 3.21. The maximum absolute atomic E-state index is 4.18. The number of aromatic nitrogens is 3. The van der Waals surface area contributed by atoms with Crippen molar-refractivity contribution in [3.8, 4) is 10.6 Å². The van der Waals surface area contributed by atoms with E-state index in [-0.39, 0.29) is 0 Å². The van der Waals surface area contributed by atoms with E-state index in [9.17, 15) is 0 Å². The van der Waals surface area contributed by atoms with Crippen molar-refractivity contribution in [1.82, 2.24) is 15.2 Å². The van der Waals surface area contributed by atoms with Crippen LogP contribution in [0.5, 0.6) is 0 Å². The van der Waals surface area contributed by atoms with Gasteiger partial charge in [-0.05, 0) is 39.5 Å². The fraction of sp³-hybridized carbons (Fsp3) is 0.0769. The molecule has 6 heteroatoms. The number of pyridine rings is 1. The number of rotatable bonds is 4. The Balaban J connectivity index is 1.74. The number of H-pyrrole nitrogens is 1. The van der Waals surface area contributed by atoms with Crippen molar-refractivity contribution in [1.29, 1.82) is 0 Å². The van der Waals surface area contributed by atoms with Crippen molar-refractivity contribution in [2.24, 2.45) is 0 Å². The monoisotopic (exact) mass is 334 g/mol. The van der Waals surface area contributed by atoms with Gasteiger partial charge in [-0.15, -0.1) is 11.3 Å². The summed E-state index contributed by atoms with van der Waals surface area (Å²) >= 11 is 5.02. The molecule has 0 unspecified atom stereocenters. The molecule has 0 radical (unpaired) electrons. The molecule has 0 aliphatic rings. The Morgan fingerprint density at radius 3 is 2.95 bits per heavy atom. The SMILES string of the molecule is Brc1ccc(NCc2cn[nH]c2-c2cccs2)cn1. The standard InChI is InChI=1S/C13H11BrN4S/c14-12-4-3-10(8-16-12)15-6-9-7-17-18-13(9)11-2-1-5-19-11/h1-5,7-8,15H,6H2,(H,17,18). The van der Waals surface area contributed by atoms with Crippen LogP contribution in [0.15, 0.2) is 46.6 Å². The van der Waals surface area contributed by atoms with Crippen LogP contribution in [-0.2, 0) is 6.54 Å². The summed E-state index contributed by atoms with van der Waals surface area (Å²) in [5, 5.41) is 12.6.